The Hall–Kier alpha value is -3.79. The van der Waals surface area contributed by atoms with Gasteiger partial charge in [-0.25, -0.2) is 4.98 Å². The summed E-state index contributed by atoms with van der Waals surface area (Å²) in [6.07, 6.45) is 2.37. The molecule has 2 amide bonds. The lowest BCUT2D eigenvalue weighted by atomic mass is 10.0. The van der Waals surface area contributed by atoms with Crippen LogP contribution in [0.4, 0.5) is 17.2 Å². The van der Waals surface area contributed by atoms with Gasteiger partial charge in [-0.05, 0) is 60.0 Å². The van der Waals surface area contributed by atoms with Gasteiger partial charge in [0.1, 0.15) is 5.82 Å². The molecule has 0 bridgehead atoms. The Morgan fingerprint density at radius 2 is 1.76 bits per heavy atom. The molecule has 9 nitrogen and oxygen atoms in total. The van der Waals surface area contributed by atoms with Crippen LogP contribution in [0.5, 0.6) is 0 Å². The molecule has 1 aromatic heterocycles. The van der Waals surface area contributed by atoms with Gasteiger partial charge in [0.2, 0.25) is 5.91 Å². The molecule has 198 valence electrons. The fourth-order valence-electron chi connectivity index (χ4n) is 4.59. The van der Waals surface area contributed by atoms with Crippen molar-refractivity contribution in [2.45, 2.75) is 6.42 Å². The second-order valence-electron chi connectivity index (χ2n) is 9.48. The molecule has 38 heavy (non-hydrogen) atoms. The Morgan fingerprint density at radius 1 is 0.921 bits per heavy atom. The number of pyridine rings is 1. The van der Waals surface area contributed by atoms with Crippen LogP contribution in [-0.4, -0.2) is 74.3 Å². The summed E-state index contributed by atoms with van der Waals surface area (Å²) in [4.78, 5) is 32.4. The molecular weight excluding hydrogens is 482 g/mol. The first kappa shape index (κ1) is 25.8. The monoisotopic (exact) mass is 515 g/mol. The predicted molar refractivity (Wildman–Crippen MR) is 147 cm³/mol. The number of nitrogens with one attached hydrogen (secondary N) is 3. The van der Waals surface area contributed by atoms with Crippen LogP contribution in [0.15, 0.2) is 66.9 Å². The summed E-state index contributed by atoms with van der Waals surface area (Å²) in [5, 5.41) is 9.36. The quantitative estimate of drug-likeness (QED) is 0.400. The minimum Gasteiger partial charge on any atom is -0.381 e. The van der Waals surface area contributed by atoms with Crippen molar-refractivity contribution in [1.29, 1.82) is 0 Å². The molecule has 1 atom stereocenters. The average molecular weight is 516 g/mol. The Balaban J connectivity index is 1.35. The number of carbonyl (C=O) groups excluding carboxylic acids is 2. The van der Waals surface area contributed by atoms with E-state index in [2.05, 4.69) is 25.8 Å². The van der Waals surface area contributed by atoms with E-state index >= 15 is 0 Å². The van der Waals surface area contributed by atoms with Gasteiger partial charge in [-0.3, -0.25) is 14.5 Å². The topological polar surface area (TPSA) is 105 Å². The van der Waals surface area contributed by atoms with Crippen LogP contribution in [-0.2, 0) is 14.3 Å². The number of nitrogens with zero attached hydrogens (tertiary/aromatic N) is 2. The minimum absolute atomic E-state index is 0.0908. The van der Waals surface area contributed by atoms with E-state index in [1.54, 1.807) is 6.20 Å². The fourth-order valence-corrected chi connectivity index (χ4v) is 4.59. The van der Waals surface area contributed by atoms with Crippen LogP contribution in [0, 0.1) is 5.92 Å². The molecule has 1 unspecified atom stereocenters. The van der Waals surface area contributed by atoms with Gasteiger partial charge in [0.05, 0.1) is 25.7 Å². The highest BCUT2D eigenvalue weighted by atomic mass is 16.5. The molecule has 3 aromatic rings. The number of para-hydroxylation sites is 1. The van der Waals surface area contributed by atoms with Crippen LogP contribution in [0.25, 0.3) is 11.1 Å². The van der Waals surface area contributed by atoms with Crippen molar-refractivity contribution in [2.75, 3.05) is 63.2 Å². The number of benzene rings is 2. The summed E-state index contributed by atoms with van der Waals surface area (Å²) in [6, 6.07) is 19.2. The lowest BCUT2D eigenvalue weighted by Crippen LogP contribution is -2.41. The first-order valence-corrected chi connectivity index (χ1v) is 13.0. The van der Waals surface area contributed by atoms with E-state index in [9.17, 15) is 9.59 Å². The molecule has 2 aliphatic heterocycles. The van der Waals surface area contributed by atoms with Crippen molar-refractivity contribution in [3.8, 4) is 11.1 Å². The molecule has 5 rings (SSSR count). The molecule has 3 N–H and O–H groups in total. The van der Waals surface area contributed by atoms with E-state index in [0.717, 1.165) is 55.3 Å². The zero-order chi connectivity index (χ0) is 26.2. The van der Waals surface area contributed by atoms with Gasteiger partial charge in [0.15, 0.2) is 0 Å². The molecular formula is C29H33N5O4. The van der Waals surface area contributed by atoms with Crippen molar-refractivity contribution >= 4 is 29.0 Å². The van der Waals surface area contributed by atoms with Crippen LogP contribution in [0.3, 0.4) is 0 Å². The van der Waals surface area contributed by atoms with Crippen molar-refractivity contribution in [3.63, 3.8) is 0 Å². The van der Waals surface area contributed by atoms with Gasteiger partial charge in [-0.1, -0.05) is 18.2 Å². The van der Waals surface area contributed by atoms with Crippen molar-refractivity contribution in [3.05, 3.63) is 72.4 Å². The third-order valence-electron chi connectivity index (χ3n) is 6.72. The number of anilines is 3. The summed E-state index contributed by atoms with van der Waals surface area (Å²) in [6.45, 7) is 5.59. The average Bonchev–Trinajstić information content (AvgIpc) is 3.50. The first-order valence-electron chi connectivity index (χ1n) is 13.0. The van der Waals surface area contributed by atoms with Gasteiger partial charge < -0.3 is 25.4 Å². The van der Waals surface area contributed by atoms with Crippen molar-refractivity contribution < 1.29 is 19.1 Å². The molecule has 9 heteroatoms. The van der Waals surface area contributed by atoms with Crippen LogP contribution < -0.4 is 16.0 Å². The van der Waals surface area contributed by atoms with E-state index in [-0.39, 0.29) is 17.7 Å². The zero-order valence-electron chi connectivity index (χ0n) is 21.3. The van der Waals surface area contributed by atoms with E-state index in [1.807, 2.05) is 60.7 Å². The van der Waals surface area contributed by atoms with Gasteiger partial charge in [-0.2, -0.15) is 0 Å². The number of carbonyl (C=O) groups is 2. The minimum atomic E-state index is -0.161. The van der Waals surface area contributed by atoms with Crippen LogP contribution in [0.1, 0.15) is 16.8 Å². The van der Waals surface area contributed by atoms with Gasteiger partial charge in [0.25, 0.3) is 5.91 Å². The normalized spacial score (nSPS) is 17.6. The maximum atomic E-state index is 13.2. The van der Waals surface area contributed by atoms with Gasteiger partial charge in [-0.15, -0.1) is 0 Å². The number of hydrogen-bond donors (Lipinski definition) is 3. The standard InChI is InChI=1S/C29H33N5O4/c35-28(31-9-10-34-11-14-37-15-12-34)24-16-23(17-26(18-24)32-25-4-2-1-3-5-25)21-6-8-30-27(19-21)33-29(36)22-7-13-38-20-22/h1-6,8,16-19,22,32H,7,9-15,20H2,(H,31,35)(H,30,33,36). The lowest BCUT2D eigenvalue weighted by molar-refractivity contribution is -0.119. The first-order chi connectivity index (χ1) is 18.6. The highest BCUT2D eigenvalue weighted by Gasteiger charge is 2.24. The molecule has 2 fully saturated rings. The second-order valence-corrected chi connectivity index (χ2v) is 9.48. The molecule has 3 heterocycles. The smallest absolute Gasteiger partial charge is 0.251 e. The zero-order valence-corrected chi connectivity index (χ0v) is 21.3. The molecule has 0 radical (unpaired) electrons. The number of ether oxygens (including phenoxy) is 2. The third-order valence-corrected chi connectivity index (χ3v) is 6.72. The van der Waals surface area contributed by atoms with E-state index in [4.69, 9.17) is 9.47 Å². The molecule has 0 aliphatic carbocycles. The number of hydrogen-bond acceptors (Lipinski definition) is 7. The Bertz CT molecular complexity index is 1240. The van der Waals surface area contributed by atoms with E-state index in [1.165, 1.54) is 0 Å². The second kappa shape index (κ2) is 12.6. The summed E-state index contributed by atoms with van der Waals surface area (Å²) in [5.41, 5.74) is 3.94. The number of aromatic nitrogens is 1. The van der Waals surface area contributed by atoms with Gasteiger partial charge >= 0.3 is 0 Å². The summed E-state index contributed by atoms with van der Waals surface area (Å²) in [7, 11) is 0. The Kier molecular flexibility index (Phi) is 8.60. The SMILES string of the molecule is O=C(NCCN1CCOCC1)c1cc(Nc2ccccc2)cc(-c2ccnc(NC(=O)C3CCOC3)c2)c1. The number of morpholine rings is 1. The molecule has 2 aromatic carbocycles. The van der Waals surface area contributed by atoms with Crippen LogP contribution >= 0.6 is 0 Å². The highest BCUT2D eigenvalue weighted by molar-refractivity contribution is 5.97. The third kappa shape index (κ3) is 6.95. The van der Waals surface area contributed by atoms with Crippen LogP contribution in [0.2, 0.25) is 0 Å². The van der Waals surface area contributed by atoms with Gasteiger partial charge in [0, 0.05) is 55.9 Å². The fraction of sp³-hybridized carbons (Fsp3) is 0.345. The molecule has 0 spiro atoms. The predicted octanol–water partition coefficient (Wildman–Crippen LogP) is 3.53. The van der Waals surface area contributed by atoms with Crippen molar-refractivity contribution in [2.24, 2.45) is 5.92 Å². The van der Waals surface area contributed by atoms with E-state index < -0.39 is 0 Å². The Labute approximate surface area is 222 Å². The van der Waals surface area contributed by atoms with E-state index in [0.29, 0.717) is 37.6 Å². The van der Waals surface area contributed by atoms with Crippen molar-refractivity contribution in [1.82, 2.24) is 15.2 Å². The molecule has 2 aliphatic rings. The number of amides is 2. The highest BCUT2D eigenvalue weighted by Crippen LogP contribution is 2.28. The Morgan fingerprint density at radius 3 is 2.55 bits per heavy atom. The number of rotatable bonds is 9. The maximum absolute atomic E-state index is 13.2. The maximum Gasteiger partial charge on any atom is 0.251 e. The molecule has 2 saturated heterocycles. The summed E-state index contributed by atoms with van der Waals surface area (Å²) in [5.74, 6) is 0.0796. The summed E-state index contributed by atoms with van der Waals surface area (Å²) >= 11 is 0. The lowest BCUT2D eigenvalue weighted by Gasteiger charge is -2.26. The molecule has 0 saturated carbocycles. The largest absolute Gasteiger partial charge is 0.381 e. The summed E-state index contributed by atoms with van der Waals surface area (Å²) < 4.78 is 10.7.